The molecule has 6 N–H and O–H groups in total. The number of nitrogens with zero attached hydrogens (tertiary/aromatic N) is 5. The van der Waals surface area contributed by atoms with Crippen LogP contribution in [0, 0.1) is 6.92 Å². The van der Waals surface area contributed by atoms with Gasteiger partial charge in [0.25, 0.3) is 10.1 Å². The number of aliphatic hydroxyl groups excluding tert-OH is 3. The van der Waals surface area contributed by atoms with E-state index in [9.17, 15) is 8.42 Å². The maximum Gasteiger partial charge on any atom is 0.296 e. The van der Waals surface area contributed by atoms with Crippen molar-refractivity contribution in [2.75, 3.05) is 45.2 Å². The molecule has 37 heavy (non-hydrogen) atoms. The van der Waals surface area contributed by atoms with Crippen molar-refractivity contribution >= 4 is 50.5 Å². The Labute approximate surface area is 224 Å². The average Bonchev–Trinajstić information content (AvgIpc) is 3.13. The monoisotopic (exact) mass is 574 g/mol. The van der Waals surface area contributed by atoms with E-state index in [1.54, 1.807) is 11.8 Å². The molecule has 3 rings (SSSR count). The number of para-hydroxylation sites is 1. The van der Waals surface area contributed by atoms with Crippen LogP contribution in [0.25, 0.3) is 5.69 Å². The van der Waals surface area contributed by atoms with Crippen molar-refractivity contribution < 1.29 is 28.3 Å². The number of rotatable bonds is 10. The van der Waals surface area contributed by atoms with Gasteiger partial charge in [0.1, 0.15) is 10.6 Å². The van der Waals surface area contributed by atoms with E-state index < -0.39 is 15.0 Å². The number of nitrogen functional groups attached to an aromatic ring is 1. The first-order valence-corrected chi connectivity index (χ1v) is 13.1. The van der Waals surface area contributed by atoms with Crippen molar-refractivity contribution in [3.05, 3.63) is 58.2 Å². The van der Waals surface area contributed by atoms with E-state index in [2.05, 4.69) is 15.3 Å². The molecule has 0 radical (unpaired) electrons. The van der Waals surface area contributed by atoms with Crippen LogP contribution in [-0.4, -0.2) is 82.4 Å². The Balaban J connectivity index is 0.000000410. The standard InChI is InChI=1S/C16H13Cl2N5O3S.C6H15NO3/c1-9-15(16(19)23(22-9)10-5-3-2-4-6-10)21-20-13-7-12(18)14(8-11(13)17)27(24,25)26;8-4-1-7(2-5-9)3-6-10/h2-8H,19H2,1H3,(H,24,25,26);8-10H,1-6H2. The Hall–Kier alpha value is -2.62. The van der Waals surface area contributed by atoms with Crippen molar-refractivity contribution in [2.24, 2.45) is 10.2 Å². The molecule has 0 spiro atoms. The van der Waals surface area contributed by atoms with Gasteiger partial charge in [0.2, 0.25) is 0 Å². The molecule has 0 aliphatic heterocycles. The highest BCUT2D eigenvalue weighted by molar-refractivity contribution is 7.86. The Bertz CT molecular complexity index is 1290. The van der Waals surface area contributed by atoms with E-state index in [0.29, 0.717) is 31.0 Å². The molecule has 0 saturated carbocycles. The minimum absolute atomic E-state index is 0.0533. The fraction of sp³-hybridized carbons (Fsp3) is 0.318. The van der Waals surface area contributed by atoms with Crippen molar-refractivity contribution in [1.82, 2.24) is 14.7 Å². The molecular formula is C22H28Cl2N6O6S. The fourth-order valence-electron chi connectivity index (χ4n) is 3.08. The SMILES string of the molecule is Cc1nn(-c2ccccc2)c(N)c1N=Nc1cc(Cl)c(S(=O)(=O)O)cc1Cl.OCCN(CCO)CCO. The van der Waals surface area contributed by atoms with Gasteiger partial charge in [-0.2, -0.15) is 13.5 Å². The van der Waals surface area contributed by atoms with Gasteiger partial charge in [-0.25, -0.2) is 4.68 Å². The Morgan fingerprint density at radius 3 is 2.05 bits per heavy atom. The molecule has 0 bridgehead atoms. The van der Waals surface area contributed by atoms with Crippen LogP contribution >= 0.6 is 23.2 Å². The molecule has 1 aromatic heterocycles. The van der Waals surface area contributed by atoms with Crippen LogP contribution in [0.3, 0.4) is 0 Å². The molecule has 0 unspecified atom stereocenters. The number of aliphatic hydroxyl groups is 3. The van der Waals surface area contributed by atoms with E-state index in [1.165, 1.54) is 10.7 Å². The number of nitrogens with two attached hydrogens (primary N) is 1. The summed E-state index contributed by atoms with van der Waals surface area (Å²) in [6.45, 7) is 3.48. The second-order valence-electron chi connectivity index (χ2n) is 7.49. The third-order valence-corrected chi connectivity index (χ3v) is 6.47. The van der Waals surface area contributed by atoms with E-state index in [0.717, 1.165) is 11.8 Å². The topological polar surface area (TPSA) is 187 Å². The van der Waals surface area contributed by atoms with Crippen molar-refractivity contribution in [2.45, 2.75) is 11.8 Å². The van der Waals surface area contributed by atoms with Gasteiger partial charge in [-0.1, -0.05) is 41.4 Å². The largest absolute Gasteiger partial charge is 0.395 e. The molecular weight excluding hydrogens is 547 g/mol. The van der Waals surface area contributed by atoms with Crippen LogP contribution in [0.4, 0.5) is 17.2 Å². The molecule has 0 fully saturated rings. The molecule has 0 atom stereocenters. The van der Waals surface area contributed by atoms with E-state index in [-0.39, 0.29) is 41.4 Å². The normalized spacial score (nSPS) is 11.7. The predicted molar refractivity (Wildman–Crippen MR) is 141 cm³/mol. The second-order valence-corrected chi connectivity index (χ2v) is 9.69. The summed E-state index contributed by atoms with van der Waals surface area (Å²) in [5.41, 5.74) is 7.88. The van der Waals surface area contributed by atoms with Gasteiger partial charge in [0.05, 0.1) is 41.2 Å². The van der Waals surface area contributed by atoms with Crippen LogP contribution in [0.15, 0.2) is 57.6 Å². The van der Waals surface area contributed by atoms with Crippen molar-refractivity contribution in [1.29, 1.82) is 0 Å². The Kier molecular flexibility index (Phi) is 11.9. The van der Waals surface area contributed by atoms with Gasteiger partial charge in [0, 0.05) is 19.6 Å². The van der Waals surface area contributed by atoms with Gasteiger partial charge in [-0.3, -0.25) is 9.45 Å². The summed E-state index contributed by atoms with van der Waals surface area (Å²) in [6.07, 6.45) is 0. The third-order valence-electron chi connectivity index (χ3n) is 4.85. The first kappa shape index (κ1) is 30.6. The van der Waals surface area contributed by atoms with Crippen LogP contribution in [0.2, 0.25) is 10.0 Å². The van der Waals surface area contributed by atoms with Gasteiger partial charge >= 0.3 is 0 Å². The number of azo groups is 1. The lowest BCUT2D eigenvalue weighted by Crippen LogP contribution is -2.32. The summed E-state index contributed by atoms with van der Waals surface area (Å²) in [6, 6.07) is 11.4. The van der Waals surface area contributed by atoms with Crippen molar-refractivity contribution in [3.8, 4) is 5.69 Å². The minimum Gasteiger partial charge on any atom is -0.395 e. The zero-order valence-corrected chi connectivity index (χ0v) is 22.2. The molecule has 2 aromatic carbocycles. The van der Waals surface area contributed by atoms with Gasteiger partial charge in [-0.05, 0) is 31.2 Å². The highest BCUT2D eigenvalue weighted by Crippen LogP contribution is 2.36. The fourth-order valence-corrected chi connectivity index (χ4v) is 4.37. The number of benzene rings is 2. The molecule has 0 aliphatic rings. The first-order chi connectivity index (χ1) is 17.5. The maximum absolute atomic E-state index is 11.3. The van der Waals surface area contributed by atoms with E-state index in [1.807, 2.05) is 30.3 Å². The summed E-state index contributed by atoms with van der Waals surface area (Å²) >= 11 is 11.9. The third kappa shape index (κ3) is 8.72. The summed E-state index contributed by atoms with van der Waals surface area (Å²) < 4.78 is 33.2. The molecule has 12 nitrogen and oxygen atoms in total. The molecule has 0 saturated heterocycles. The molecule has 202 valence electrons. The number of hydrogen-bond donors (Lipinski definition) is 5. The van der Waals surface area contributed by atoms with Crippen LogP contribution in [0.1, 0.15) is 5.69 Å². The first-order valence-electron chi connectivity index (χ1n) is 10.9. The van der Waals surface area contributed by atoms with Gasteiger partial charge in [-0.15, -0.1) is 10.2 Å². The zero-order valence-electron chi connectivity index (χ0n) is 19.9. The zero-order chi connectivity index (χ0) is 27.6. The van der Waals surface area contributed by atoms with E-state index in [4.69, 9.17) is 48.8 Å². The van der Waals surface area contributed by atoms with Crippen LogP contribution in [-0.2, 0) is 10.1 Å². The molecule has 1 heterocycles. The minimum atomic E-state index is -4.50. The Morgan fingerprint density at radius 2 is 1.54 bits per heavy atom. The number of anilines is 1. The lowest BCUT2D eigenvalue weighted by molar-refractivity contribution is 0.136. The van der Waals surface area contributed by atoms with E-state index >= 15 is 0 Å². The smallest absolute Gasteiger partial charge is 0.296 e. The predicted octanol–water partition coefficient (Wildman–Crippen LogP) is 3.00. The van der Waals surface area contributed by atoms with Crippen LogP contribution < -0.4 is 5.73 Å². The molecule has 0 aliphatic carbocycles. The number of hydrogen-bond acceptors (Lipinski definition) is 10. The average molecular weight is 575 g/mol. The maximum atomic E-state index is 11.3. The lowest BCUT2D eigenvalue weighted by atomic mass is 10.3. The summed E-state index contributed by atoms with van der Waals surface area (Å²) in [5, 5.41) is 37.6. The summed E-state index contributed by atoms with van der Waals surface area (Å²) in [7, 11) is -4.50. The molecule has 3 aromatic rings. The van der Waals surface area contributed by atoms with Gasteiger partial charge < -0.3 is 21.1 Å². The molecule has 0 amide bonds. The van der Waals surface area contributed by atoms with Gasteiger partial charge in [0.15, 0.2) is 11.5 Å². The number of aromatic nitrogens is 2. The Morgan fingerprint density at radius 1 is 0.973 bits per heavy atom. The summed E-state index contributed by atoms with van der Waals surface area (Å²) in [4.78, 5) is 1.28. The number of aryl methyl sites for hydroxylation is 1. The summed E-state index contributed by atoms with van der Waals surface area (Å²) in [5.74, 6) is 0.277. The number of halogens is 2. The van der Waals surface area contributed by atoms with Crippen LogP contribution in [0.5, 0.6) is 0 Å². The highest BCUT2D eigenvalue weighted by atomic mass is 35.5. The second kappa shape index (κ2) is 14.4. The molecule has 15 heteroatoms. The quantitative estimate of drug-likeness (QED) is 0.179. The lowest BCUT2D eigenvalue weighted by Gasteiger charge is -2.17. The highest BCUT2D eigenvalue weighted by Gasteiger charge is 2.18. The van der Waals surface area contributed by atoms with Crippen molar-refractivity contribution in [3.63, 3.8) is 0 Å².